The van der Waals surface area contributed by atoms with Gasteiger partial charge in [0.15, 0.2) is 0 Å². The first-order valence-corrected chi connectivity index (χ1v) is 5.42. The van der Waals surface area contributed by atoms with Crippen LogP contribution in [0.1, 0.15) is 46.0 Å². The van der Waals surface area contributed by atoms with Crippen LogP contribution in [0.5, 0.6) is 0 Å². The molecule has 1 heteroatoms. The van der Waals surface area contributed by atoms with Crippen molar-refractivity contribution in [3.63, 3.8) is 0 Å². The Labute approximate surface area is 81.2 Å². The standard InChI is InChI=1S/C12H20O/c1-3-11(9-13)8-12-6-4-10(2)5-7-12/h8-10,12H,3-7H2,1-2H3/b11-8+. The van der Waals surface area contributed by atoms with Crippen LogP contribution in [0.15, 0.2) is 11.6 Å². The maximum absolute atomic E-state index is 10.6. The predicted octanol–water partition coefficient (Wildman–Crippen LogP) is 3.35. The van der Waals surface area contributed by atoms with E-state index < -0.39 is 0 Å². The zero-order chi connectivity index (χ0) is 9.68. The van der Waals surface area contributed by atoms with Crippen molar-refractivity contribution in [2.24, 2.45) is 11.8 Å². The maximum Gasteiger partial charge on any atom is 0.145 e. The Bertz CT molecular complexity index is 185. The van der Waals surface area contributed by atoms with Crippen molar-refractivity contribution in [3.8, 4) is 0 Å². The third-order valence-corrected chi connectivity index (χ3v) is 3.07. The molecule has 0 aromatic heterocycles. The van der Waals surface area contributed by atoms with E-state index >= 15 is 0 Å². The van der Waals surface area contributed by atoms with E-state index in [2.05, 4.69) is 13.0 Å². The molecule has 0 atom stereocenters. The minimum atomic E-state index is 0.677. The molecule has 0 aliphatic heterocycles. The van der Waals surface area contributed by atoms with Crippen LogP contribution in [0, 0.1) is 11.8 Å². The van der Waals surface area contributed by atoms with Gasteiger partial charge in [0.1, 0.15) is 6.29 Å². The zero-order valence-corrected chi connectivity index (χ0v) is 8.75. The first-order chi connectivity index (χ1) is 6.26. The normalized spacial score (nSPS) is 30.2. The number of allylic oxidation sites excluding steroid dienone is 2. The molecular formula is C12H20O. The summed E-state index contributed by atoms with van der Waals surface area (Å²) in [6.45, 7) is 4.37. The van der Waals surface area contributed by atoms with E-state index in [0.29, 0.717) is 5.92 Å². The summed E-state index contributed by atoms with van der Waals surface area (Å²) in [5.74, 6) is 1.57. The molecule has 1 aliphatic rings. The van der Waals surface area contributed by atoms with Crippen LogP contribution < -0.4 is 0 Å². The Hall–Kier alpha value is -0.590. The number of hydrogen-bond acceptors (Lipinski definition) is 1. The molecule has 1 nitrogen and oxygen atoms in total. The third-order valence-electron chi connectivity index (χ3n) is 3.07. The highest BCUT2D eigenvalue weighted by atomic mass is 16.1. The highest BCUT2D eigenvalue weighted by molar-refractivity contribution is 5.72. The molecule has 0 saturated heterocycles. The number of aldehydes is 1. The van der Waals surface area contributed by atoms with E-state index in [9.17, 15) is 4.79 Å². The van der Waals surface area contributed by atoms with Gasteiger partial charge in [0.25, 0.3) is 0 Å². The average Bonchev–Trinajstić information content (AvgIpc) is 2.17. The minimum absolute atomic E-state index is 0.677. The monoisotopic (exact) mass is 180 g/mol. The van der Waals surface area contributed by atoms with Gasteiger partial charge in [-0.2, -0.15) is 0 Å². The molecule has 1 aliphatic carbocycles. The van der Waals surface area contributed by atoms with Gasteiger partial charge >= 0.3 is 0 Å². The fraction of sp³-hybridized carbons (Fsp3) is 0.750. The fourth-order valence-electron chi connectivity index (χ4n) is 2.00. The highest BCUT2D eigenvalue weighted by Crippen LogP contribution is 2.29. The molecule has 0 bridgehead atoms. The van der Waals surface area contributed by atoms with Gasteiger partial charge in [-0.15, -0.1) is 0 Å². The van der Waals surface area contributed by atoms with Crippen LogP contribution in [-0.4, -0.2) is 6.29 Å². The molecule has 0 heterocycles. The lowest BCUT2D eigenvalue weighted by Crippen LogP contribution is -2.10. The van der Waals surface area contributed by atoms with E-state index in [-0.39, 0.29) is 0 Å². The number of hydrogen-bond donors (Lipinski definition) is 0. The molecule has 0 spiro atoms. The van der Waals surface area contributed by atoms with Crippen LogP contribution in [0.4, 0.5) is 0 Å². The maximum atomic E-state index is 10.6. The van der Waals surface area contributed by atoms with Gasteiger partial charge in [-0.3, -0.25) is 4.79 Å². The van der Waals surface area contributed by atoms with Gasteiger partial charge in [-0.05, 0) is 36.7 Å². The summed E-state index contributed by atoms with van der Waals surface area (Å²) in [6, 6.07) is 0. The van der Waals surface area contributed by atoms with Gasteiger partial charge in [-0.25, -0.2) is 0 Å². The van der Waals surface area contributed by atoms with E-state index in [1.54, 1.807) is 0 Å². The molecule has 1 fully saturated rings. The van der Waals surface area contributed by atoms with Gasteiger partial charge in [-0.1, -0.05) is 32.8 Å². The van der Waals surface area contributed by atoms with Gasteiger partial charge in [0.05, 0.1) is 0 Å². The lowest BCUT2D eigenvalue weighted by atomic mass is 9.82. The number of rotatable bonds is 3. The molecule has 74 valence electrons. The first-order valence-electron chi connectivity index (χ1n) is 5.42. The summed E-state index contributed by atoms with van der Waals surface area (Å²) < 4.78 is 0. The minimum Gasteiger partial charge on any atom is -0.298 e. The Morgan fingerprint density at radius 2 is 1.92 bits per heavy atom. The van der Waals surface area contributed by atoms with Crippen molar-refractivity contribution < 1.29 is 4.79 Å². The molecule has 0 N–H and O–H groups in total. The molecule has 1 saturated carbocycles. The van der Waals surface area contributed by atoms with Crippen molar-refractivity contribution >= 4 is 6.29 Å². The van der Waals surface area contributed by atoms with Crippen molar-refractivity contribution in [1.29, 1.82) is 0 Å². The van der Waals surface area contributed by atoms with Crippen molar-refractivity contribution in [1.82, 2.24) is 0 Å². The summed E-state index contributed by atoms with van der Waals surface area (Å²) in [6.07, 6.45) is 9.30. The van der Waals surface area contributed by atoms with Crippen molar-refractivity contribution in [2.45, 2.75) is 46.0 Å². The smallest absolute Gasteiger partial charge is 0.145 e. The average molecular weight is 180 g/mol. The molecule has 0 radical (unpaired) electrons. The van der Waals surface area contributed by atoms with Gasteiger partial charge < -0.3 is 0 Å². The Balaban J connectivity index is 2.44. The molecule has 0 aromatic rings. The zero-order valence-electron chi connectivity index (χ0n) is 8.75. The molecule has 0 aromatic carbocycles. The van der Waals surface area contributed by atoms with Gasteiger partial charge in [0, 0.05) is 0 Å². The molecule has 1 rings (SSSR count). The Morgan fingerprint density at radius 3 is 2.38 bits per heavy atom. The summed E-state index contributed by atoms with van der Waals surface area (Å²) in [5.41, 5.74) is 0.986. The Kier molecular flexibility index (Phi) is 4.20. The van der Waals surface area contributed by atoms with E-state index in [1.165, 1.54) is 25.7 Å². The molecule has 13 heavy (non-hydrogen) atoms. The van der Waals surface area contributed by atoms with E-state index in [1.807, 2.05) is 6.92 Å². The quantitative estimate of drug-likeness (QED) is 0.481. The second-order valence-electron chi connectivity index (χ2n) is 4.23. The lowest BCUT2D eigenvalue weighted by molar-refractivity contribution is -0.105. The van der Waals surface area contributed by atoms with E-state index in [4.69, 9.17) is 0 Å². The van der Waals surface area contributed by atoms with Gasteiger partial charge in [0.2, 0.25) is 0 Å². The second-order valence-corrected chi connectivity index (χ2v) is 4.23. The number of carbonyl (C=O) groups is 1. The largest absolute Gasteiger partial charge is 0.298 e. The third kappa shape index (κ3) is 3.33. The molecular weight excluding hydrogens is 160 g/mol. The fourth-order valence-corrected chi connectivity index (χ4v) is 2.00. The topological polar surface area (TPSA) is 17.1 Å². The molecule has 0 amide bonds. The first kappa shape index (κ1) is 10.5. The molecule has 0 unspecified atom stereocenters. The summed E-state index contributed by atoms with van der Waals surface area (Å²) in [7, 11) is 0. The van der Waals surface area contributed by atoms with Crippen molar-refractivity contribution in [2.75, 3.05) is 0 Å². The second kappa shape index (κ2) is 5.21. The predicted molar refractivity (Wildman–Crippen MR) is 55.6 cm³/mol. The van der Waals surface area contributed by atoms with Crippen LogP contribution in [-0.2, 0) is 4.79 Å². The van der Waals surface area contributed by atoms with Crippen LogP contribution in [0.25, 0.3) is 0 Å². The van der Waals surface area contributed by atoms with Crippen LogP contribution in [0.3, 0.4) is 0 Å². The van der Waals surface area contributed by atoms with E-state index in [0.717, 1.165) is 24.2 Å². The SMILES string of the molecule is CC/C(C=O)=C\C1CCC(C)CC1. The van der Waals surface area contributed by atoms with Crippen molar-refractivity contribution in [3.05, 3.63) is 11.6 Å². The summed E-state index contributed by atoms with van der Waals surface area (Å²) in [4.78, 5) is 10.6. The number of carbonyl (C=O) groups excluding carboxylic acids is 1. The lowest BCUT2D eigenvalue weighted by Gasteiger charge is -2.24. The van der Waals surface area contributed by atoms with Crippen LogP contribution in [0.2, 0.25) is 0 Å². The Morgan fingerprint density at radius 1 is 1.31 bits per heavy atom. The summed E-state index contributed by atoms with van der Waals surface area (Å²) >= 11 is 0. The van der Waals surface area contributed by atoms with Crippen LogP contribution >= 0.6 is 0 Å². The highest BCUT2D eigenvalue weighted by Gasteiger charge is 2.16. The summed E-state index contributed by atoms with van der Waals surface area (Å²) in [5, 5.41) is 0.